The summed E-state index contributed by atoms with van der Waals surface area (Å²) in [6, 6.07) is 11.0. The lowest BCUT2D eigenvalue weighted by molar-refractivity contribution is -0.432. The Kier molecular flexibility index (Phi) is 7.98. The van der Waals surface area contributed by atoms with Gasteiger partial charge in [0.05, 0.1) is 16.7 Å². The molecular weight excluding hydrogens is 554 g/mol. The zero-order chi connectivity index (χ0) is 29.4. The fraction of sp³-hybridized carbons (Fsp3) is 0.172. The molecule has 0 unspecified atom stereocenters. The largest absolute Gasteiger partial charge is 0.527 e. The molecule has 0 fully saturated rings. The molecule has 40 heavy (non-hydrogen) atoms. The fourth-order valence-corrected chi connectivity index (χ4v) is 4.27. The summed E-state index contributed by atoms with van der Waals surface area (Å²) in [5.41, 5.74) is -3.01. The monoisotopic (exact) mass is 572 g/mol. The van der Waals surface area contributed by atoms with Crippen LogP contribution in [-0.2, 0) is 17.3 Å². The average molecular weight is 572 g/mol. The van der Waals surface area contributed by atoms with E-state index in [4.69, 9.17) is 0 Å². The lowest BCUT2D eigenvalue weighted by Crippen LogP contribution is -2.28. The molecule has 0 amide bonds. The van der Waals surface area contributed by atoms with Gasteiger partial charge in [-0.1, -0.05) is 43.7 Å². The summed E-state index contributed by atoms with van der Waals surface area (Å²) < 4.78 is 141. The lowest BCUT2D eigenvalue weighted by atomic mass is 9.95. The molecule has 0 saturated heterocycles. The van der Waals surface area contributed by atoms with Gasteiger partial charge in [0.2, 0.25) is 0 Å². The van der Waals surface area contributed by atoms with Crippen molar-refractivity contribution in [1.29, 1.82) is 0 Å². The number of halogens is 10. The number of ether oxygens (including phenoxy) is 1. The lowest BCUT2D eigenvalue weighted by Gasteiger charge is -2.19. The Bertz CT molecular complexity index is 1500. The molecule has 1 nitrogen and oxygen atoms in total. The summed E-state index contributed by atoms with van der Waals surface area (Å²) in [7, 11) is 0. The molecule has 0 aromatic heterocycles. The number of hydrogen-bond acceptors (Lipinski definition) is 1. The normalized spacial score (nSPS) is 12.2. The Morgan fingerprint density at radius 3 is 1.48 bits per heavy atom. The van der Waals surface area contributed by atoms with Crippen molar-refractivity contribution in [3.05, 3.63) is 107 Å². The molecule has 0 N–H and O–H groups in total. The molecule has 11 heteroatoms. The van der Waals surface area contributed by atoms with Crippen molar-refractivity contribution in [2.45, 2.75) is 32.2 Å². The third kappa shape index (κ3) is 6.14. The molecule has 4 aromatic carbocycles. The predicted molar refractivity (Wildman–Crippen MR) is 128 cm³/mol. The van der Waals surface area contributed by atoms with Crippen molar-refractivity contribution in [2.75, 3.05) is 0 Å². The molecule has 4 aromatic rings. The summed E-state index contributed by atoms with van der Waals surface area (Å²) in [6.45, 7) is 2.00. The van der Waals surface area contributed by atoms with E-state index >= 15 is 0 Å². The van der Waals surface area contributed by atoms with Gasteiger partial charge in [-0.3, -0.25) is 0 Å². The van der Waals surface area contributed by atoms with Crippen LogP contribution in [0.25, 0.3) is 33.4 Å². The number of rotatable bonds is 7. The molecule has 4 rings (SSSR count). The van der Waals surface area contributed by atoms with Crippen molar-refractivity contribution >= 4 is 0 Å². The minimum Gasteiger partial charge on any atom is -0.222 e. The Labute approximate surface area is 221 Å². The first kappa shape index (κ1) is 29.1. The zero-order valence-electron chi connectivity index (χ0n) is 20.5. The van der Waals surface area contributed by atoms with Gasteiger partial charge in [-0.15, -0.1) is 13.2 Å². The summed E-state index contributed by atoms with van der Waals surface area (Å²) in [6.07, 6.45) is -9.19. The van der Waals surface area contributed by atoms with Crippen molar-refractivity contribution < 1.29 is 48.6 Å². The Morgan fingerprint density at radius 2 is 1.00 bits per heavy atom. The van der Waals surface area contributed by atoms with Gasteiger partial charge in [0.25, 0.3) is 0 Å². The first-order valence-corrected chi connectivity index (χ1v) is 11.7. The Morgan fingerprint density at radius 1 is 0.550 bits per heavy atom. The standard InChI is InChI=1S/C29H18F10O/c1-2-3-15-4-6-16(7-5-15)18-11-22(31)27(23(32)12-18)19-13-24(33)26(25(34)14-19)17-8-9-20(21(30)10-17)28(35,36)40-29(37,38)39/h4-14H,2-3H2,1H3. The third-order valence-electron chi connectivity index (χ3n) is 6.01. The van der Waals surface area contributed by atoms with Crippen molar-refractivity contribution in [2.24, 2.45) is 0 Å². The van der Waals surface area contributed by atoms with Gasteiger partial charge in [-0.25, -0.2) is 26.7 Å². The van der Waals surface area contributed by atoms with Crippen LogP contribution in [0.4, 0.5) is 43.9 Å². The first-order valence-electron chi connectivity index (χ1n) is 11.7. The number of hydrogen-bond donors (Lipinski definition) is 0. The molecule has 0 radical (unpaired) electrons. The molecule has 210 valence electrons. The van der Waals surface area contributed by atoms with Gasteiger partial charge in [-0.2, -0.15) is 8.78 Å². The van der Waals surface area contributed by atoms with Crippen LogP contribution in [0.2, 0.25) is 0 Å². The molecule has 0 aliphatic carbocycles. The van der Waals surface area contributed by atoms with Crippen LogP contribution in [0.1, 0.15) is 24.5 Å². The second-order valence-electron chi connectivity index (χ2n) is 8.84. The maximum Gasteiger partial charge on any atom is 0.527 e. The molecule has 0 saturated carbocycles. The molecule has 0 bridgehead atoms. The molecular formula is C29H18F10O. The van der Waals surface area contributed by atoms with Crippen LogP contribution in [0, 0.1) is 29.1 Å². The average Bonchev–Trinajstić information content (AvgIpc) is 2.82. The number of benzene rings is 4. The summed E-state index contributed by atoms with van der Waals surface area (Å²) >= 11 is 0. The maximum absolute atomic E-state index is 15.0. The zero-order valence-corrected chi connectivity index (χ0v) is 20.5. The van der Waals surface area contributed by atoms with Crippen LogP contribution >= 0.6 is 0 Å². The molecule has 0 aliphatic rings. The van der Waals surface area contributed by atoms with Crippen LogP contribution in [-0.4, -0.2) is 6.36 Å². The summed E-state index contributed by atoms with van der Waals surface area (Å²) in [4.78, 5) is 0. The van der Waals surface area contributed by atoms with Gasteiger partial charge >= 0.3 is 12.5 Å². The van der Waals surface area contributed by atoms with Gasteiger partial charge in [-0.05, 0) is 70.6 Å². The van der Waals surface area contributed by atoms with E-state index in [0.717, 1.165) is 30.5 Å². The molecule has 0 heterocycles. The van der Waals surface area contributed by atoms with E-state index in [1.54, 1.807) is 12.1 Å². The third-order valence-corrected chi connectivity index (χ3v) is 6.01. The highest BCUT2D eigenvalue weighted by atomic mass is 19.4. The van der Waals surface area contributed by atoms with E-state index in [9.17, 15) is 43.9 Å². The number of alkyl halides is 5. The van der Waals surface area contributed by atoms with E-state index in [0.29, 0.717) is 23.8 Å². The van der Waals surface area contributed by atoms with E-state index in [2.05, 4.69) is 4.74 Å². The topological polar surface area (TPSA) is 9.23 Å². The summed E-state index contributed by atoms with van der Waals surface area (Å²) in [5.74, 6) is -7.06. The highest BCUT2D eigenvalue weighted by Gasteiger charge is 2.47. The highest BCUT2D eigenvalue weighted by Crippen LogP contribution is 2.40. The van der Waals surface area contributed by atoms with E-state index in [-0.39, 0.29) is 17.7 Å². The van der Waals surface area contributed by atoms with Gasteiger partial charge in [0.1, 0.15) is 29.1 Å². The van der Waals surface area contributed by atoms with Crippen molar-refractivity contribution in [1.82, 2.24) is 0 Å². The maximum atomic E-state index is 15.0. The van der Waals surface area contributed by atoms with E-state index in [1.165, 1.54) is 0 Å². The molecule has 0 spiro atoms. The Hall–Kier alpha value is -3.86. The SMILES string of the molecule is CCCc1ccc(-c2cc(F)c(-c3cc(F)c(-c4ccc(C(F)(F)OC(F)(F)F)c(F)c4)c(F)c3)c(F)c2)cc1. The van der Waals surface area contributed by atoms with Crippen LogP contribution in [0.3, 0.4) is 0 Å². The summed E-state index contributed by atoms with van der Waals surface area (Å²) in [5, 5.41) is 0. The smallest absolute Gasteiger partial charge is 0.222 e. The second-order valence-corrected chi connectivity index (χ2v) is 8.84. The van der Waals surface area contributed by atoms with Gasteiger partial charge in [0, 0.05) is 0 Å². The van der Waals surface area contributed by atoms with E-state index in [1.807, 2.05) is 19.1 Å². The van der Waals surface area contributed by atoms with Gasteiger partial charge in [0.15, 0.2) is 0 Å². The van der Waals surface area contributed by atoms with Crippen molar-refractivity contribution in [3.63, 3.8) is 0 Å². The fourth-order valence-electron chi connectivity index (χ4n) is 4.27. The quantitative estimate of drug-likeness (QED) is 0.200. The molecule has 0 atom stereocenters. The van der Waals surface area contributed by atoms with Crippen LogP contribution in [0.15, 0.2) is 66.7 Å². The van der Waals surface area contributed by atoms with Crippen LogP contribution in [0.5, 0.6) is 0 Å². The molecule has 0 aliphatic heterocycles. The number of aryl methyl sites for hydroxylation is 1. The highest BCUT2D eigenvalue weighted by molar-refractivity contribution is 5.75. The first-order chi connectivity index (χ1) is 18.7. The Balaban J connectivity index is 1.69. The van der Waals surface area contributed by atoms with Crippen molar-refractivity contribution in [3.8, 4) is 33.4 Å². The predicted octanol–water partition coefficient (Wildman–Crippen LogP) is 9.92. The second kappa shape index (κ2) is 11.0. The van der Waals surface area contributed by atoms with Gasteiger partial charge < -0.3 is 0 Å². The minimum atomic E-state index is -5.80. The van der Waals surface area contributed by atoms with Crippen LogP contribution < -0.4 is 0 Å². The van der Waals surface area contributed by atoms with E-state index < -0.39 is 69.4 Å². The minimum absolute atomic E-state index is 0.177.